The van der Waals surface area contributed by atoms with Gasteiger partial charge in [0.15, 0.2) is 0 Å². The van der Waals surface area contributed by atoms with Gasteiger partial charge in [0.05, 0.1) is 24.8 Å². The Hall–Kier alpha value is -3.60. The second-order valence-corrected chi connectivity index (χ2v) is 6.99. The van der Waals surface area contributed by atoms with Crippen LogP contribution in [0.5, 0.6) is 5.75 Å². The summed E-state index contributed by atoms with van der Waals surface area (Å²) in [5.74, 6) is 1.74. The summed E-state index contributed by atoms with van der Waals surface area (Å²) in [6.45, 7) is 1.97. The van der Waals surface area contributed by atoms with Crippen molar-refractivity contribution in [2.45, 2.75) is 13.3 Å². The monoisotopic (exact) mass is 384 g/mol. The third kappa shape index (κ3) is 4.14. The molecule has 2 heterocycles. The maximum absolute atomic E-state index is 5.63. The summed E-state index contributed by atoms with van der Waals surface area (Å²) in [6, 6.07) is 22.6. The summed E-state index contributed by atoms with van der Waals surface area (Å²) in [5, 5.41) is 0. The number of imidazole rings is 1. The Morgan fingerprint density at radius 1 is 1.00 bits per heavy atom. The van der Waals surface area contributed by atoms with Crippen LogP contribution in [0.4, 0.5) is 11.5 Å². The third-order valence-electron chi connectivity index (χ3n) is 4.90. The first-order valence-corrected chi connectivity index (χ1v) is 9.56. The van der Waals surface area contributed by atoms with Crippen molar-refractivity contribution >= 4 is 11.5 Å². The van der Waals surface area contributed by atoms with Crippen molar-refractivity contribution in [3.05, 3.63) is 96.2 Å². The van der Waals surface area contributed by atoms with Crippen molar-refractivity contribution in [1.82, 2.24) is 14.5 Å². The second kappa shape index (κ2) is 8.19. The molecule has 4 rings (SSSR count). The summed E-state index contributed by atoms with van der Waals surface area (Å²) in [4.78, 5) is 11.2. The van der Waals surface area contributed by atoms with Gasteiger partial charge in [0.1, 0.15) is 11.6 Å². The molecule has 0 spiro atoms. The SMILES string of the molecule is COc1cc(Cc2cccc(N(C)c3ccccc3)n2)ccc1-n1cnc(C)c1. The van der Waals surface area contributed by atoms with Gasteiger partial charge in [-0.1, -0.05) is 30.3 Å². The summed E-state index contributed by atoms with van der Waals surface area (Å²) in [7, 11) is 3.73. The second-order valence-electron chi connectivity index (χ2n) is 6.99. The maximum Gasteiger partial charge on any atom is 0.143 e. The number of methoxy groups -OCH3 is 1. The van der Waals surface area contributed by atoms with Gasteiger partial charge < -0.3 is 14.2 Å². The van der Waals surface area contributed by atoms with Crippen LogP contribution in [0, 0.1) is 6.92 Å². The number of rotatable bonds is 6. The quantitative estimate of drug-likeness (QED) is 0.472. The highest BCUT2D eigenvalue weighted by molar-refractivity contribution is 5.59. The Labute approximate surface area is 171 Å². The summed E-state index contributed by atoms with van der Waals surface area (Å²) in [5.41, 5.74) is 5.22. The van der Waals surface area contributed by atoms with E-state index in [1.165, 1.54) is 0 Å². The Balaban J connectivity index is 1.58. The molecule has 0 aliphatic heterocycles. The maximum atomic E-state index is 5.63. The van der Waals surface area contributed by atoms with Crippen molar-refractivity contribution in [3.63, 3.8) is 0 Å². The summed E-state index contributed by atoms with van der Waals surface area (Å²) < 4.78 is 7.61. The van der Waals surface area contributed by atoms with E-state index in [2.05, 4.69) is 52.3 Å². The molecule has 0 unspecified atom stereocenters. The first-order valence-electron chi connectivity index (χ1n) is 9.56. The Bertz CT molecular complexity index is 1100. The number of anilines is 2. The number of aromatic nitrogens is 3. The zero-order valence-corrected chi connectivity index (χ0v) is 16.9. The average molecular weight is 384 g/mol. The van der Waals surface area contributed by atoms with Gasteiger partial charge in [0.2, 0.25) is 0 Å². The number of ether oxygens (including phenoxy) is 1. The highest BCUT2D eigenvalue weighted by Crippen LogP contribution is 2.26. The van der Waals surface area contributed by atoms with E-state index in [4.69, 9.17) is 9.72 Å². The van der Waals surface area contributed by atoms with Crippen LogP contribution in [0.3, 0.4) is 0 Å². The number of aryl methyl sites for hydroxylation is 1. The molecule has 0 amide bonds. The Morgan fingerprint density at radius 3 is 2.55 bits per heavy atom. The lowest BCUT2D eigenvalue weighted by molar-refractivity contribution is 0.412. The third-order valence-corrected chi connectivity index (χ3v) is 4.90. The van der Waals surface area contributed by atoms with Crippen molar-refractivity contribution < 1.29 is 4.74 Å². The predicted octanol–water partition coefficient (Wildman–Crippen LogP) is 4.94. The zero-order valence-electron chi connectivity index (χ0n) is 16.9. The summed E-state index contributed by atoms with van der Waals surface area (Å²) >= 11 is 0. The van der Waals surface area contributed by atoms with Gasteiger partial charge in [-0.05, 0) is 48.9 Å². The molecule has 0 saturated heterocycles. The van der Waals surface area contributed by atoms with Gasteiger partial charge >= 0.3 is 0 Å². The molecule has 29 heavy (non-hydrogen) atoms. The fraction of sp³-hybridized carbons (Fsp3) is 0.167. The zero-order chi connectivity index (χ0) is 20.2. The lowest BCUT2D eigenvalue weighted by Gasteiger charge is -2.19. The molecule has 0 aliphatic carbocycles. The molecule has 0 bridgehead atoms. The molecule has 146 valence electrons. The molecular formula is C24H24N4O. The van der Waals surface area contributed by atoms with Crippen molar-refractivity contribution in [3.8, 4) is 11.4 Å². The number of nitrogens with zero attached hydrogens (tertiary/aromatic N) is 4. The standard InChI is InChI=1S/C24H24N4O/c1-18-16-28(17-25-18)22-13-12-19(15-23(22)29-3)14-20-8-7-11-24(26-20)27(2)21-9-5-4-6-10-21/h4-13,15-17H,14H2,1-3H3. The van der Waals surface area contributed by atoms with Crippen molar-refractivity contribution in [1.29, 1.82) is 0 Å². The van der Waals surface area contributed by atoms with Gasteiger partial charge in [-0.25, -0.2) is 9.97 Å². The first kappa shape index (κ1) is 18.7. The minimum absolute atomic E-state index is 0.732. The van der Waals surface area contributed by atoms with Gasteiger partial charge in [-0.3, -0.25) is 0 Å². The van der Waals surface area contributed by atoms with Crippen LogP contribution in [0.15, 0.2) is 79.3 Å². The van der Waals surface area contributed by atoms with E-state index in [1.54, 1.807) is 13.4 Å². The largest absolute Gasteiger partial charge is 0.495 e. The first-order chi connectivity index (χ1) is 14.1. The van der Waals surface area contributed by atoms with Crippen LogP contribution >= 0.6 is 0 Å². The molecule has 0 aliphatic rings. The molecule has 0 radical (unpaired) electrons. The van der Waals surface area contributed by atoms with Gasteiger partial charge in [0, 0.05) is 31.0 Å². The molecule has 0 atom stereocenters. The fourth-order valence-electron chi connectivity index (χ4n) is 3.34. The van der Waals surface area contributed by atoms with Crippen LogP contribution in [0.1, 0.15) is 17.0 Å². The smallest absolute Gasteiger partial charge is 0.143 e. The summed E-state index contributed by atoms with van der Waals surface area (Å²) in [6.07, 6.45) is 4.52. The Kier molecular flexibility index (Phi) is 5.29. The fourth-order valence-corrected chi connectivity index (χ4v) is 3.34. The lowest BCUT2D eigenvalue weighted by Crippen LogP contribution is -2.11. The van der Waals surface area contributed by atoms with E-state index in [0.29, 0.717) is 0 Å². The van der Waals surface area contributed by atoms with Crippen LogP contribution in [-0.4, -0.2) is 28.7 Å². The number of hydrogen-bond donors (Lipinski definition) is 0. The van der Waals surface area contributed by atoms with Gasteiger partial charge in [0.25, 0.3) is 0 Å². The van der Waals surface area contributed by atoms with E-state index in [0.717, 1.165) is 46.3 Å². The lowest BCUT2D eigenvalue weighted by atomic mass is 10.1. The van der Waals surface area contributed by atoms with Gasteiger partial charge in [-0.15, -0.1) is 0 Å². The van der Waals surface area contributed by atoms with Crippen LogP contribution < -0.4 is 9.64 Å². The number of para-hydroxylation sites is 1. The minimum atomic E-state index is 0.732. The van der Waals surface area contributed by atoms with Crippen molar-refractivity contribution in [2.75, 3.05) is 19.1 Å². The molecule has 5 nitrogen and oxygen atoms in total. The van der Waals surface area contributed by atoms with Crippen LogP contribution in [0.25, 0.3) is 5.69 Å². The van der Waals surface area contributed by atoms with Gasteiger partial charge in [-0.2, -0.15) is 0 Å². The van der Waals surface area contributed by atoms with Crippen LogP contribution in [0.2, 0.25) is 0 Å². The number of pyridine rings is 1. The van der Waals surface area contributed by atoms with Crippen LogP contribution in [-0.2, 0) is 6.42 Å². The van der Waals surface area contributed by atoms with E-state index in [1.807, 2.05) is 49.0 Å². The number of hydrogen-bond acceptors (Lipinski definition) is 4. The Morgan fingerprint density at radius 2 is 1.83 bits per heavy atom. The number of benzene rings is 2. The van der Waals surface area contributed by atoms with E-state index >= 15 is 0 Å². The minimum Gasteiger partial charge on any atom is -0.495 e. The average Bonchev–Trinajstić information content (AvgIpc) is 3.20. The van der Waals surface area contributed by atoms with E-state index in [9.17, 15) is 0 Å². The van der Waals surface area contributed by atoms with Crippen molar-refractivity contribution in [2.24, 2.45) is 0 Å². The normalized spacial score (nSPS) is 10.7. The molecule has 0 N–H and O–H groups in total. The topological polar surface area (TPSA) is 43.2 Å². The highest BCUT2D eigenvalue weighted by Gasteiger charge is 2.10. The molecule has 5 heteroatoms. The highest BCUT2D eigenvalue weighted by atomic mass is 16.5. The molecule has 0 saturated carbocycles. The molecule has 2 aromatic carbocycles. The molecule has 2 aromatic heterocycles. The van der Waals surface area contributed by atoms with E-state index in [-0.39, 0.29) is 0 Å². The molecule has 0 fully saturated rings. The predicted molar refractivity (Wildman–Crippen MR) is 116 cm³/mol. The molecular weight excluding hydrogens is 360 g/mol. The van der Waals surface area contributed by atoms with E-state index < -0.39 is 0 Å². The molecule has 4 aromatic rings.